The van der Waals surface area contributed by atoms with Crippen molar-refractivity contribution in [2.75, 3.05) is 13.1 Å². The van der Waals surface area contributed by atoms with Gasteiger partial charge in [0, 0.05) is 35.4 Å². The highest BCUT2D eigenvalue weighted by atomic mass is 35.5. The standard InChI is InChI=1S/C40H52Cl2N2O4/c1-23-21-38(6)30(35(2,3)32(23)46)11-12-40(8)31(38)29(45)20-25-26-22-37(5,14-13-36(26,4)15-16-39(25,40)7)34(48)44-18-17-43-33(47)24-9-10-27(41)28(42)19-24/h9-10,19-20,26,30-31H,1,11-18,21-22H2,2-8H3,(H,43,47)(H,44,48)/t26-,30-,31+,36+,37-,38-,39+,40+/m0/s1. The third kappa shape index (κ3) is 5.09. The summed E-state index contributed by atoms with van der Waals surface area (Å²) in [4.78, 5) is 54.4. The molecule has 8 heteroatoms. The molecule has 2 N–H and O–H groups in total. The van der Waals surface area contributed by atoms with Crippen LogP contribution in [0.2, 0.25) is 10.0 Å². The Morgan fingerprint density at radius 1 is 0.896 bits per heavy atom. The van der Waals surface area contributed by atoms with Crippen molar-refractivity contribution in [1.29, 1.82) is 0 Å². The monoisotopic (exact) mass is 694 g/mol. The second-order valence-corrected chi connectivity index (χ2v) is 18.5. The quantitative estimate of drug-likeness (QED) is 0.239. The number of hydrogen-bond acceptors (Lipinski definition) is 4. The van der Waals surface area contributed by atoms with Crippen molar-refractivity contribution in [2.45, 2.75) is 99.8 Å². The maximum Gasteiger partial charge on any atom is 0.251 e. The summed E-state index contributed by atoms with van der Waals surface area (Å²) in [6.07, 6.45) is 8.92. The van der Waals surface area contributed by atoms with Crippen molar-refractivity contribution in [3.8, 4) is 0 Å². The summed E-state index contributed by atoms with van der Waals surface area (Å²) < 4.78 is 0. The highest BCUT2D eigenvalue weighted by molar-refractivity contribution is 6.42. The Hall–Kier alpha value is -2.44. The van der Waals surface area contributed by atoms with Gasteiger partial charge in [-0.1, -0.05) is 83.8 Å². The lowest BCUT2D eigenvalue weighted by molar-refractivity contribution is -0.182. The Morgan fingerprint density at radius 2 is 1.56 bits per heavy atom. The van der Waals surface area contributed by atoms with Crippen molar-refractivity contribution >= 4 is 46.6 Å². The van der Waals surface area contributed by atoms with Crippen molar-refractivity contribution in [3.05, 3.63) is 57.6 Å². The van der Waals surface area contributed by atoms with Crippen LogP contribution < -0.4 is 10.6 Å². The maximum atomic E-state index is 14.6. The van der Waals surface area contributed by atoms with Crippen LogP contribution in [0.25, 0.3) is 0 Å². The molecule has 4 fully saturated rings. The van der Waals surface area contributed by atoms with Crippen molar-refractivity contribution < 1.29 is 19.2 Å². The fourth-order valence-electron chi connectivity index (χ4n) is 11.7. The first-order valence-corrected chi connectivity index (χ1v) is 18.5. The highest BCUT2D eigenvalue weighted by Crippen LogP contribution is 2.75. The van der Waals surface area contributed by atoms with Gasteiger partial charge >= 0.3 is 0 Å². The second-order valence-electron chi connectivity index (χ2n) is 17.7. The third-order valence-corrected chi connectivity index (χ3v) is 15.4. The molecule has 0 heterocycles. The molecule has 260 valence electrons. The smallest absolute Gasteiger partial charge is 0.251 e. The van der Waals surface area contributed by atoms with Crippen LogP contribution in [0, 0.1) is 50.2 Å². The molecule has 6 nitrogen and oxygen atoms in total. The summed E-state index contributed by atoms with van der Waals surface area (Å²) in [7, 11) is 0. The van der Waals surface area contributed by atoms with Gasteiger partial charge < -0.3 is 10.6 Å². The Labute approximate surface area is 296 Å². The first-order chi connectivity index (χ1) is 22.2. The predicted octanol–water partition coefficient (Wildman–Crippen LogP) is 8.56. The van der Waals surface area contributed by atoms with Crippen LogP contribution in [0.1, 0.15) is 110 Å². The van der Waals surface area contributed by atoms with Crippen LogP contribution in [0.5, 0.6) is 0 Å². The van der Waals surface area contributed by atoms with E-state index in [0.29, 0.717) is 40.6 Å². The van der Waals surface area contributed by atoms with Gasteiger partial charge in [0.1, 0.15) is 0 Å². The number of benzene rings is 1. The molecule has 0 unspecified atom stereocenters. The zero-order valence-corrected chi connectivity index (χ0v) is 31.2. The lowest BCUT2D eigenvalue weighted by Gasteiger charge is -2.70. The highest BCUT2D eigenvalue weighted by Gasteiger charge is 2.70. The number of halogens is 2. The van der Waals surface area contributed by atoms with E-state index in [9.17, 15) is 19.2 Å². The molecule has 0 aliphatic heterocycles. The summed E-state index contributed by atoms with van der Waals surface area (Å²) >= 11 is 12.0. The van der Waals surface area contributed by atoms with Crippen LogP contribution in [-0.4, -0.2) is 36.5 Å². The number of fused-ring (bicyclic) bond motifs is 7. The Kier molecular flexibility index (Phi) is 8.52. The van der Waals surface area contributed by atoms with E-state index in [-0.39, 0.29) is 69.3 Å². The lowest BCUT2D eigenvalue weighted by Crippen LogP contribution is -2.66. The van der Waals surface area contributed by atoms with Gasteiger partial charge in [0.25, 0.3) is 5.91 Å². The topological polar surface area (TPSA) is 92.3 Å². The largest absolute Gasteiger partial charge is 0.354 e. The minimum Gasteiger partial charge on any atom is -0.354 e. The van der Waals surface area contributed by atoms with Gasteiger partial charge in [-0.05, 0) is 115 Å². The van der Waals surface area contributed by atoms with Gasteiger partial charge in [0.2, 0.25) is 5.91 Å². The fraction of sp³-hybridized carbons (Fsp3) is 0.650. The molecule has 5 aliphatic carbocycles. The lowest BCUT2D eigenvalue weighted by atomic mass is 9.33. The van der Waals surface area contributed by atoms with Gasteiger partial charge in [0.05, 0.1) is 10.0 Å². The average molecular weight is 696 g/mol. The first-order valence-electron chi connectivity index (χ1n) is 17.7. The van der Waals surface area contributed by atoms with Gasteiger partial charge in [-0.2, -0.15) is 0 Å². The number of carbonyl (C=O) groups is 4. The number of ketones is 2. The maximum absolute atomic E-state index is 14.6. The molecule has 0 saturated heterocycles. The van der Waals surface area contributed by atoms with E-state index in [1.807, 2.05) is 6.08 Å². The zero-order chi connectivity index (χ0) is 35.2. The summed E-state index contributed by atoms with van der Waals surface area (Å²) in [5.41, 5.74) is 0.459. The van der Waals surface area contributed by atoms with Gasteiger partial charge in [-0.15, -0.1) is 0 Å². The second kappa shape index (κ2) is 11.5. The molecule has 1 aromatic rings. The molecule has 0 spiro atoms. The molecule has 4 saturated carbocycles. The van der Waals surface area contributed by atoms with E-state index in [1.54, 1.807) is 12.1 Å². The molecule has 0 aromatic heterocycles. The number of allylic oxidation sites excluding steroid dienone is 3. The van der Waals surface area contributed by atoms with E-state index in [2.05, 4.69) is 65.7 Å². The third-order valence-electron chi connectivity index (χ3n) is 14.6. The average Bonchev–Trinajstić information content (AvgIpc) is 3.01. The SMILES string of the molecule is C=C1C[C@]2(C)[C@H]3C(=O)C=C4[C@@H]5C[C@@](C)(C(=O)NCCNC(=O)c6ccc(Cl)c(Cl)c6)CC[C@]5(C)CC[C@@]4(C)[C@]3(C)CC[C@H]2C(C)(C)C1=O. The number of amides is 2. The first kappa shape index (κ1) is 35.4. The molecular formula is C40H52Cl2N2O4. The minimum absolute atomic E-state index is 0.00641. The summed E-state index contributed by atoms with van der Waals surface area (Å²) in [5.74, 6) is 0.154. The molecule has 1 aromatic carbocycles. The van der Waals surface area contributed by atoms with Crippen molar-refractivity contribution in [3.63, 3.8) is 0 Å². The molecule has 8 atom stereocenters. The Morgan fingerprint density at radius 3 is 2.25 bits per heavy atom. The number of carbonyl (C=O) groups excluding carboxylic acids is 4. The van der Waals surface area contributed by atoms with Crippen LogP contribution in [0.3, 0.4) is 0 Å². The summed E-state index contributed by atoms with van der Waals surface area (Å²) in [6.45, 7) is 20.4. The summed E-state index contributed by atoms with van der Waals surface area (Å²) in [6, 6.07) is 4.74. The van der Waals surface area contributed by atoms with E-state index in [0.717, 1.165) is 38.5 Å². The molecule has 48 heavy (non-hydrogen) atoms. The van der Waals surface area contributed by atoms with Crippen LogP contribution >= 0.6 is 23.2 Å². The predicted molar refractivity (Wildman–Crippen MR) is 191 cm³/mol. The number of hydrogen-bond donors (Lipinski definition) is 2. The normalized spacial score (nSPS) is 40.1. The van der Waals surface area contributed by atoms with Crippen molar-refractivity contribution in [1.82, 2.24) is 10.6 Å². The van der Waals surface area contributed by atoms with Crippen LogP contribution in [0.4, 0.5) is 0 Å². The molecule has 0 radical (unpaired) electrons. The van der Waals surface area contributed by atoms with E-state index >= 15 is 0 Å². The van der Waals surface area contributed by atoms with Gasteiger partial charge in [-0.3, -0.25) is 19.2 Å². The molecule has 0 bridgehead atoms. The molecule has 2 amide bonds. The molecular weight excluding hydrogens is 643 g/mol. The Bertz CT molecular complexity index is 1650. The number of rotatable bonds is 5. The molecule has 5 aliphatic rings. The van der Waals surface area contributed by atoms with Crippen molar-refractivity contribution in [2.24, 2.45) is 50.2 Å². The summed E-state index contributed by atoms with van der Waals surface area (Å²) in [5, 5.41) is 6.65. The molecule has 6 rings (SSSR count). The fourth-order valence-corrected chi connectivity index (χ4v) is 11.9. The van der Waals surface area contributed by atoms with E-state index in [4.69, 9.17) is 23.2 Å². The Balaban J connectivity index is 1.22. The van der Waals surface area contributed by atoms with Crippen LogP contribution in [-0.2, 0) is 14.4 Å². The number of nitrogens with one attached hydrogen (secondary N) is 2. The minimum atomic E-state index is -0.590. The zero-order valence-electron chi connectivity index (χ0n) is 29.7. The van der Waals surface area contributed by atoms with E-state index in [1.165, 1.54) is 11.6 Å². The van der Waals surface area contributed by atoms with Gasteiger partial charge in [0.15, 0.2) is 11.6 Å². The van der Waals surface area contributed by atoms with Crippen LogP contribution in [0.15, 0.2) is 42.0 Å². The van der Waals surface area contributed by atoms with Gasteiger partial charge in [-0.25, -0.2) is 0 Å². The number of Topliss-reactive ketones (excluding diaryl/α,β-unsaturated/α-hetero) is 1. The van der Waals surface area contributed by atoms with E-state index < -0.39 is 10.8 Å².